The van der Waals surface area contributed by atoms with E-state index in [1.165, 1.54) is 0 Å². The number of hydrogen-bond donors (Lipinski definition) is 2. The first-order valence-electron chi connectivity index (χ1n) is 6.75. The lowest BCUT2D eigenvalue weighted by atomic mass is 10.2. The molecule has 2 fully saturated rings. The lowest BCUT2D eigenvalue weighted by Crippen LogP contribution is -2.37. The predicted molar refractivity (Wildman–Crippen MR) is 77.9 cm³/mol. The Bertz CT molecular complexity index is 456. The normalized spacial score (nSPS) is 21.1. The van der Waals surface area contributed by atoms with Crippen LogP contribution in [0.25, 0.3) is 0 Å². The summed E-state index contributed by atoms with van der Waals surface area (Å²) in [7, 11) is 0. The SMILES string of the molecule is Cc1cc(Br)n[nH]1.O=CN1CCC(NC(=O)C2CC2)C1. The third-order valence-electron chi connectivity index (χ3n) is 3.34. The Morgan fingerprint density at radius 1 is 1.55 bits per heavy atom. The number of H-pyrrole nitrogens is 1. The second-order valence-electron chi connectivity index (χ2n) is 5.24. The number of aromatic nitrogens is 2. The van der Waals surface area contributed by atoms with Crippen molar-refractivity contribution in [2.75, 3.05) is 13.1 Å². The maximum atomic E-state index is 11.3. The molecule has 2 N–H and O–H groups in total. The van der Waals surface area contributed by atoms with E-state index in [0.717, 1.165) is 42.5 Å². The van der Waals surface area contributed by atoms with Gasteiger partial charge in [0.05, 0.1) is 0 Å². The first-order valence-corrected chi connectivity index (χ1v) is 7.55. The van der Waals surface area contributed by atoms with E-state index in [4.69, 9.17) is 0 Å². The van der Waals surface area contributed by atoms with Crippen molar-refractivity contribution < 1.29 is 9.59 Å². The van der Waals surface area contributed by atoms with E-state index in [9.17, 15) is 9.59 Å². The second kappa shape index (κ2) is 6.88. The topological polar surface area (TPSA) is 78.1 Å². The van der Waals surface area contributed by atoms with E-state index in [1.807, 2.05) is 13.0 Å². The number of likely N-dealkylation sites (tertiary alicyclic amines) is 1. The van der Waals surface area contributed by atoms with E-state index in [1.54, 1.807) is 4.90 Å². The molecule has 110 valence electrons. The van der Waals surface area contributed by atoms with Gasteiger partial charge in [-0.05, 0) is 48.2 Å². The second-order valence-corrected chi connectivity index (χ2v) is 6.05. The van der Waals surface area contributed by atoms with Crippen LogP contribution in [0.4, 0.5) is 0 Å². The molecule has 1 aliphatic carbocycles. The van der Waals surface area contributed by atoms with Gasteiger partial charge in [0, 0.05) is 30.7 Å². The minimum Gasteiger partial charge on any atom is -0.351 e. The average molecular weight is 343 g/mol. The van der Waals surface area contributed by atoms with Crippen LogP contribution in [-0.2, 0) is 9.59 Å². The molecule has 7 heteroatoms. The van der Waals surface area contributed by atoms with Gasteiger partial charge in [0.25, 0.3) is 0 Å². The summed E-state index contributed by atoms with van der Waals surface area (Å²) in [5.74, 6) is 0.447. The van der Waals surface area contributed by atoms with E-state index in [2.05, 4.69) is 31.4 Å². The van der Waals surface area contributed by atoms with Gasteiger partial charge in [0.15, 0.2) is 0 Å². The highest BCUT2D eigenvalue weighted by molar-refractivity contribution is 9.10. The van der Waals surface area contributed by atoms with E-state index < -0.39 is 0 Å². The number of rotatable bonds is 3. The molecule has 20 heavy (non-hydrogen) atoms. The molecule has 6 nitrogen and oxygen atoms in total. The molecular formula is C13H19BrN4O2. The fourth-order valence-electron chi connectivity index (χ4n) is 2.05. The highest BCUT2D eigenvalue weighted by Crippen LogP contribution is 2.29. The minimum atomic E-state index is 0.178. The standard InChI is InChI=1S/C9H14N2O2.C4H5BrN2/c12-6-11-4-3-8(5-11)10-9(13)7-1-2-7;1-3-2-4(5)7-6-3/h6-8H,1-5H2,(H,10,13);2H,1H3,(H,6,7). The molecule has 0 spiro atoms. The first kappa shape index (κ1) is 15.0. The molecule has 1 saturated heterocycles. The molecule has 2 heterocycles. The van der Waals surface area contributed by atoms with Gasteiger partial charge in [-0.25, -0.2) is 0 Å². The fourth-order valence-corrected chi connectivity index (χ4v) is 2.48. The quantitative estimate of drug-likeness (QED) is 0.811. The van der Waals surface area contributed by atoms with Gasteiger partial charge >= 0.3 is 0 Å². The third-order valence-corrected chi connectivity index (χ3v) is 3.74. The largest absolute Gasteiger partial charge is 0.351 e. The fraction of sp³-hybridized carbons (Fsp3) is 0.615. The molecule has 3 rings (SSSR count). The van der Waals surface area contributed by atoms with Gasteiger partial charge in [0.2, 0.25) is 12.3 Å². The van der Waals surface area contributed by atoms with E-state index in [0.29, 0.717) is 6.54 Å². The Balaban J connectivity index is 0.000000178. The average Bonchev–Trinajstić information content (AvgIpc) is 3.08. The molecule has 1 saturated carbocycles. The first-order chi connectivity index (χ1) is 9.58. The summed E-state index contributed by atoms with van der Waals surface area (Å²) in [4.78, 5) is 23.4. The number of carbonyl (C=O) groups excluding carboxylic acids is 2. The lowest BCUT2D eigenvalue weighted by molar-refractivity contribution is -0.123. The van der Waals surface area contributed by atoms with Crippen LogP contribution in [-0.4, -0.2) is 46.5 Å². The van der Waals surface area contributed by atoms with Gasteiger partial charge in [-0.2, -0.15) is 5.10 Å². The number of nitrogens with one attached hydrogen (secondary N) is 2. The summed E-state index contributed by atoms with van der Waals surface area (Å²) in [6.45, 7) is 3.42. The Hall–Kier alpha value is -1.37. The number of hydrogen-bond acceptors (Lipinski definition) is 3. The predicted octanol–water partition coefficient (Wildman–Crippen LogP) is 1.22. The van der Waals surface area contributed by atoms with Crippen LogP contribution >= 0.6 is 15.9 Å². The number of halogens is 1. The van der Waals surface area contributed by atoms with Crippen molar-refractivity contribution >= 4 is 28.2 Å². The van der Waals surface area contributed by atoms with Gasteiger partial charge < -0.3 is 10.2 Å². The zero-order valence-electron chi connectivity index (χ0n) is 11.4. The van der Waals surface area contributed by atoms with Crippen molar-refractivity contribution in [3.8, 4) is 0 Å². The van der Waals surface area contributed by atoms with Crippen molar-refractivity contribution in [3.63, 3.8) is 0 Å². The maximum absolute atomic E-state index is 11.3. The Kier molecular flexibility index (Phi) is 5.17. The Morgan fingerprint density at radius 2 is 2.30 bits per heavy atom. The number of amides is 2. The summed E-state index contributed by atoms with van der Waals surface area (Å²) < 4.78 is 0.866. The van der Waals surface area contributed by atoms with Crippen LogP contribution in [0.15, 0.2) is 10.7 Å². The maximum Gasteiger partial charge on any atom is 0.223 e. The van der Waals surface area contributed by atoms with Crippen molar-refractivity contribution in [3.05, 3.63) is 16.4 Å². The zero-order valence-corrected chi connectivity index (χ0v) is 13.0. The monoisotopic (exact) mass is 342 g/mol. The molecule has 1 atom stereocenters. The number of aryl methyl sites for hydroxylation is 1. The molecule has 1 aliphatic heterocycles. The number of aromatic amines is 1. The number of nitrogens with zero attached hydrogens (tertiary/aromatic N) is 2. The zero-order chi connectivity index (χ0) is 14.5. The summed E-state index contributed by atoms with van der Waals surface area (Å²) >= 11 is 3.19. The molecule has 1 aromatic heterocycles. The van der Waals surface area contributed by atoms with Gasteiger partial charge in [-0.1, -0.05) is 0 Å². The van der Waals surface area contributed by atoms with E-state index in [-0.39, 0.29) is 17.9 Å². The highest BCUT2D eigenvalue weighted by atomic mass is 79.9. The summed E-state index contributed by atoms with van der Waals surface area (Å²) in [6.07, 6.45) is 3.83. The van der Waals surface area contributed by atoms with Crippen molar-refractivity contribution in [2.24, 2.45) is 5.92 Å². The Morgan fingerprint density at radius 3 is 2.70 bits per heavy atom. The smallest absolute Gasteiger partial charge is 0.223 e. The summed E-state index contributed by atoms with van der Waals surface area (Å²) in [5.41, 5.74) is 1.08. The van der Waals surface area contributed by atoms with Crippen LogP contribution in [0.3, 0.4) is 0 Å². The van der Waals surface area contributed by atoms with Gasteiger partial charge in [0.1, 0.15) is 4.60 Å². The third kappa shape index (κ3) is 4.63. The number of carbonyl (C=O) groups is 2. The van der Waals surface area contributed by atoms with Crippen LogP contribution < -0.4 is 5.32 Å². The van der Waals surface area contributed by atoms with Crippen LogP contribution in [0.5, 0.6) is 0 Å². The van der Waals surface area contributed by atoms with Gasteiger partial charge in [-0.3, -0.25) is 14.7 Å². The van der Waals surface area contributed by atoms with Gasteiger partial charge in [-0.15, -0.1) is 0 Å². The van der Waals surface area contributed by atoms with Crippen LogP contribution in [0.2, 0.25) is 0 Å². The molecule has 2 aliphatic rings. The molecule has 0 bridgehead atoms. The molecule has 0 radical (unpaired) electrons. The molecular weight excluding hydrogens is 324 g/mol. The molecule has 2 amide bonds. The van der Waals surface area contributed by atoms with Crippen molar-refractivity contribution in [1.82, 2.24) is 20.4 Å². The summed E-state index contributed by atoms with van der Waals surface area (Å²) in [6, 6.07) is 2.11. The Labute approximate surface area is 126 Å². The highest BCUT2D eigenvalue weighted by Gasteiger charge is 2.32. The van der Waals surface area contributed by atoms with Crippen molar-refractivity contribution in [1.29, 1.82) is 0 Å². The van der Waals surface area contributed by atoms with E-state index >= 15 is 0 Å². The van der Waals surface area contributed by atoms with Crippen LogP contribution in [0.1, 0.15) is 25.0 Å². The minimum absolute atomic E-state index is 0.178. The van der Waals surface area contributed by atoms with Crippen molar-refractivity contribution in [2.45, 2.75) is 32.2 Å². The molecule has 1 unspecified atom stereocenters. The molecule has 1 aromatic rings. The summed E-state index contributed by atoms with van der Waals surface area (Å²) in [5, 5.41) is 9.54. The molecule has 0 aromatic carbocycles. The van der Waals surface area contributed by atoms with Crippen LogP contribution in [0, 0.1) is 12.8 Å². The lowest BCUT2D eigenvalue weighted by Gasteiger charge is -2.12.